The van der Waals surface area contributed by atoms with E-state index in [0.717, 1.165) is 13.0 Å². The molecule has 0 spiro atoms. The van der Waals surface area contributed by atoms with E-state index in [2.05, 4.69) is 47.1 Å². The van der Waals surface area contributed by atoms with Gasteiger partial charge in [-0.05, 0) is 55.9 Å². The minimum atomic E-state index is -0.387. The number of aliphatic hydroxyl groups excluding tert-OH is 1. The Bertz CT molecular complexity index is 882. The molecule has 0 amide bonds. The summed E-state index contributed by atoms with van der Waals surface area (Å²) in [6.07, 6.45) is 4.45. The van der Waals surface area contributed by atoms with Gasteiger partial charge >= 0.3 is 0 Å². The normalized spacial score (nSPS) is 15.2. The van der Waals surface area contributed by atoms with Crippen LogP contribution in [-0.4, -0.2) is 22.3 Å². The van der Waals surface area contributed by atoms with E-state index in [0.29, 0.717) is 13.1 Å². The smallest absolute Gasteiger partial charge is 0.0843 e. The lowest BCUT2D eigenvalue weighted by molar-refractivity contribution is 0.151. The Morgan fingerprint density at radius 3 is 2.73 bits per heavy atom. The predicted octanol–water partition coefficient (Wildman–Crippen LogP) is 3.98. The van der Waals surface area contributed by atoms with Crippen molar-refractivity contribution in [2.45, 2.75) is 51.8 Å². The Morgan fingerprint density at radius 1 is 1.08 bits per heavy atom. The first-order valence-corrected chi connectivity index (χ1v) is 9.75. The number of nitrogens with one attached hydrogen (secondary N) is 1. The number of aryl methyl sites for hydroxylation is 2. The minimum absolute atomic E-state index is 0.387. The summed E-state index contributed by atoms with van der Waals surface area (Å²) >= 11 is 0. The number of aromatic nitrogens is 1. The van der Waals surface area contributed by atoms with Gasteiger partial charge in [0.05, 0.1) is 12.6 Å². The number of hydrogen-bond donors (Lipinski definition) is 2. The molecular formula is C23H28N2O. The molecule has 1 aromatic heterocycles. The summed E-state index contributed by atoms with van der Waals surface area (Å²) in [5, 5.41) is 15.4. The van der Waals surface area contributed by atoms with Crippen LogP contribution in [0.15, 0.2) is 48.5 Å². The Balaban J connectivity index is 1.49. The second kappa shape index (κ2) is 7.65. The van der Waals surface area contributed by atoms with Gasteiger partial charge in [-0.2, -0.15) is 0 Å². The summed E-state index contributed by atoms with van der Waals surface area (Å²) in [6, 6.07) is 17.1. The molecule has 4 rings (SSSR count). The third-order valence-corrected chi connectivity index (χ3v) is 5.48. The van der Waals surface area contributed by atoms with Gasteiger partial charge in [0.15, 0.2) is 0 Å². The van der Waals surface area contributed by atoms with Crippen LogP contribution in [0.5, 0.6) is 0 Å². The molecule has 1 aliphatic rings. The molecule has 0 saturated carbocycles. The van der Waals surface area contributed by atoms with Crippen LogP contribution in [0.25, 0.3) is 10.9 Å². The molecule has 0 saturated heterocycles. The third kappa shape index (κ3) is 3.55. The van der Waals surface area contributed by atoms with Crippen molar-refractivity contribution in [2.75, 3.05) is 6.54 Å². The maximum atomic E-state index is 10.6. The summed E-state index contributed by atoms with van der Waals surface area (Å²) in [7, 11) is 0. The van der Waals surface area contributed by atoms with Gasteiger partial charge < -0.3 is 15.0 Å². The summed E-state index contributed by atoms with van der Waals surface area (Å²) in [5.74, 6) is 0. The van der Waals surface area contributed by atoms with Crippen LogP contribution in [0, 0.1) is 6.92 Å². The predicted molar refractivity (Wildman–Crippen MR) is 107 cm³/mol. The maximum Gasteiger partial charge on any atom is 0.0843 e. The summed E-state index contributed by atoms with van der Waals surface area (Å²) in [6.45, 7) is 4.22. The van der Waals surface area contributed by atoms with Gasteiger partial charge in [-0.15, -0.1) is 0 Å². The topological polar surface area (TPSA) is 37.2 Å². The molecule has 3 nitrogen and oxygen atoms in total. The monoisotopic (exact) mass is 348 g/mol. The molecule has 0 unspecified atom stereocenters. The first-order valence-electron chi connectivity index (χ1n) is 9.75. The molecule has 0 bridgehead atoms. The van der Waals surface area contributed by atoms with Gasteiger partial charge in [-0.25, -0.2) is 0 Å². The molecule has 0 aliphatic heterocycles. The van der Waals surface area contributed by atoms with Gasteiger partial charge in [0.2, 0.25) is 0 Å². The van der Waals surface area contributed by atoms with Crippen molar-refractivity contribution < 1.29 is 5.11 Å². The van der Waals surface area contributed by atoms with Crippen molar-refractivity contribution >= 4 is 10.9 Å². The van der Waals surface area contributed by atoms with Gasteiger partial charge in [-0.3, -0.25) is 0 Å². The molecule has 0 fully saturated rings. The van der Waals surface area contributed by atoms with Crippen molar-refractivity contribution in [3.63, 3.8) is 0 Å². The highest BCUT2D eigenvalue weighted by Crippen LogP contribution is 2.33. The number of benzene rings is 2. The average Bonchev–Trinajstić information content (AvgIpc) is 2.96. The lowest BCUT2D eigenvalue weighted by Crippen LogP contribution is -2.30. The Morgan fingerprint density at radius 2 is 1.88 bits per heavy atom. The summed E-state index contributed by atoms with van der Waals surface area (Å²) < 4.78 is 2.37. The van der Waals surface area contributed by atoms with E-state index in [4.69, 9.17) is 0 Å². The molecule has 2 N–H and O–H groups in total. The number of hydrogen-bond acceptors (Lipinski definition) is 2. The van der Waals surface area contributed by atoms with E-state index >= 15 is 0 Å². The zero-order chi connectivity index (χ0) is 17.9. The van der Waals surface area contributed by atoms with Crippen molar-refractivity contribution in [3.8, 4) is 0 Å². The highest BCUT2D eigenvalue weighted by atomic mass is 16.3. The van der Waals surface area contributed by atoms with Crippen LogP contribution < -0.4 is 5.32 Å². The highest BCUT2D eigenvalue weighted by molar-refractivity contribution is 5.86. The second-order valence-corrected chi connectivity index (χ2v) is 7.53. The van der Waals surface area contributed by atoms with Crippen LogP contribution in [-0.2, 0) is 25.9 Å². The molecule has 26 heavy (non-hydrogen) atoms. The quantitative estimate of drug-likeness (QED) is 0.707. The zero-order valence-electron chi connectivity index (χ0n) is 15.5. The zero-order valence-corrected chi connectivity index (χ0v) is 15.5. The summed E-state index contributed by atoms with van der Waals surface area (Å²) in [5.41, 5.74) is 6.80. The molecule has 136 valence electrons. The van der Waals surface area contributed by atoms with Crippen molar-refractivity contribution in [3.05, 3.63) is 70.9 Å². The first-order chi connectivity index (χ1) is 12.7. The van der Waals surface area contributed by atoms with Gasteiger partial charge in [0.25, 0.3) is 0 Å². The fourth-order valence-electron chi connectivity index (χ4n) is 4.21. The number of aliphatic hydroxyl groups is 1. The van der Waals surface area contributed by atoms with Crippen molar-refractivity contribution in [2.24, 2.45) is 0 Å². The maximum absolute atomic E-state index is 10.6. The van der Waals surface area contributed by atoms with Gasteiger partial charge in [-0.1, -0.05) is 42.0 Å². The number of fused-ring (bicyclic) bond motifs is 3. The fraction of sp³-hybridized carbons (Fsp3) is 0.391. The van der Waals surface area contributed by atoms with E-state index in [1.165, 1.54) is 52.5 Å². The van der Waals surface area contributed by atoms with E-state index in [9.17, 15) is 5.11 Å². The molecular weight excluding hydrogens is 320 g/mol. The van der Waals surface area contributed by atoms with E-state index in [1.807, 2.05) is 18.2 Å². The standard InChI is InChI=1S/C23H28N2O/c1-17-11-12-23-21(13-17)20-9-5-6-10-22(20)25(23)16-19(26)15-24-14-18-7-3-2-4-8-18/h2-4,7-8,11-13,19,24,26H,5-6,9-10,14-16H2,1H3/t19-/m1/s1. The van der Waals surface area contributed by atoms with Crippen molar-refractivity contribution in [1.29, 1.82) is 0 Å². The molecule has 3 aromatic rings. The average molecular weight is 348 g/mol. The van der Waals surface area contributed by atoms with Gasteiger partial charge in [0.1, 0.15) is 0 Å². The fourth-order valence-corrected chi connectivity index (χ4v) is 4.21. The molecule has 1 atom stereocenters. The van der Waals surface area contributed by atoms with E-state index in [-0.39, 0.29) is 6.10 Å². The van der Waals surface area contributed by atoms with Crippen molar-refractivity contribution in [1.82, 2.24) is 9.88 Å². The number of rotatable bonds is 6. The van der Waals surface area contributed by atoms with E-state index in [1.54, 1.807) is 0 Å². The molecule has 1 aliphatic carbocycles. The molecule has 1 heterocycles. The molecule has 0 radical (unpaired) electrons. The lowest BCUT2D eigenvalue weighted by Gasteiger charge is -2.19. The lowest BCUT2D eigenvalue weighted by atomic mass is 9.95. The Hall–Kier alpha value is -2.10. The first kappa shape index (κ1) is 17.3. The largest absolute Gasteiger partial charge is 0.390 e. The Kier molecular flexibility index (Phi) is 5.09. The molecule has 3 heteroatoms. The van der Waals surface area contributed by atoms with Crippen LogP contribution in [0.2, 0.25) is 0 Å². The van der Waals surface area contributed by atoms with Gasteiger partial charge in [0, 0.05) is 29.7 Å². The SMILES string of the molecule is Cc1ccc2c(c1)c1c(n2C[C@H](O)CNCc2ccccc2)CCCC1. The van der Waals surface area contributed by atoms with Crippen LogP contribution in [0.1, 0.15) is 35.2 Å². The minimum Gasteiger partial charge on any atom is -0.390 e. The van der Waals surface area contributed by atoms with Crippen LogP contribution >= 0.6 is 0 Å². The summed E-state index contributed by atoms with van der Waals surface area (Å²) in [4.78, 5) is 0. The van der Waals surface area contributed by atoms with E-state index < -0.39 is 0 Å². The molecule has 2 aromatic carbocycles. The second-order valence-electron chi connectivity index (χ2n) is 7.53. The third-order valence-electron chi connectivity index (χ3n) is 5.48. The highest BCUT2D eigenvalue weighted by Gasteiger charge is 2.21. The van der Waals surface area contributed by atoms with Crippen LogP contribution in [0.3, 0.4) is 0 Å². The number of nitrogens with zero attached hydrogens (tertiary/aromatic N) is 1. The van der Waals surface area contributed by atoms with Crippen LogP contribution in [0.4, 0.5) is 0 Å². The Labute approximate surface area is 155 Å².